The number of hydrogen-bond donors (Lipinski definition) is 1. The molecule has 1 amide bonds. The highest BCUT2D eigenvalue weighted by Gasteiger charge is 2.51. The van der Waals surface area contributed by atoms with E-state index in [1.165, 1.54) is 7.11 Å². The molecule has 0 aromatic heterocycles. The second-order valence-corrected chi connectivity index (χ2v) is 7.08. The Balaban J connectivity index is 1.74. The van der Waals surface area contributed by atoms with E-state index in [-0.39, 0.29) is 12.0 Å². The summed E-state index contributed by atoms with van der Waals surface area (Å²) in [5.41, 5.74) is 2.72. The normalized spacial score (nSPS) is 28.5. The van der Waals surface area contributed by atoms with Crippen LogP contribution in [0.1, 0.15) is 30.4 Å². The summed E-state index contributed by atoms with van der Waals surface area (Å²) >= 11 is 0. The zero-order chi connectivity index (χ0) is 18.1. The minimum Gasteiger partial charge on any atom is -0.469 e. The van der Waals surface area contributed by atoms with E-state index >= 15 is 0 Å². The lowest BCUT2D eigenvalue weighted by molar-refractivity contribution is -0.155. The van der Waals surface area contributed by atoms with Crippen molar-refractivity contribution in [1.29, 1.82) is 0 Å². The quantitative estimate of drug-likeness (QED) is 0.853. The maximum absolute atomic E-state index is 12.5. The second kappa shape index (κ2) is 7.04. The first kappa shape index (κ1) is 17.7. The molecule has 1 aromatic carbocycles. The van der Waals surface area contributed by atoms with Gasteiger partial charge in [0.15, 0.2) is 0 Å². The second-order valence-electron chi connectivity index (χ2n) is 7.08. The fraction of sp³-hybridized carbons (Fsp3) is 0.579. The molecule has 1 aromatic rings. The van der Waals surface area contributed by atoms with E-state index in [4.69, 9.17) is 9.47 Å². The molecule has 2 aliphatic rings. The number of anilines is 1. The molecule has 0 saturated carbocycles. The van der Waals surface area contributed by atoms with Crippen molar-refractivity contribution in [3.63, 3.8) is 0 Å². The van der Waals surface area contributed by atoms with Gasteiger partial charge in [-0.25, -0.2) is 4.79 Å². The van der Waals surface area contributed by atoms with Gasteiger partial charge in [-0.15, -0.1) is 0 Å². The van der Waals surface area contributed by atoms with E-state index in [1.54, 1.807) is 0 Å². The molecule has 6 nitrogen and oxygen atoms in total. The zero-order valence-electron chi connectivity index (χ0n) is 15.2. The molecule has 2 fully saturated rings. The number of hydrogen-bond acceptors (Lipinski definition) is 5. The molecule has 4 atom stereocenters. The zero-order valence-corrected chi connectivity index (χ0v) is 15.2. The van der Waals surface area contributed by atoms with Gasteiger partial charge in [-0.2, -0.15) is 0 Å². The lowest BCUT2D eigenvalue weighted by Gasteiger charge is -2.40. The Bertz CT molecular complexity index is 655. The molecule has 2 heterocycles. The predicted molar refractivity (Wildman–Crippen MR) is 94.5 cm³/mol. The van der Waals surface area contributed by atoms with E-state index < -0.39 is 18.1 Å². The number of fused-ring (bicyclic) bond motifs is 2. The van der Waals surface area contributed by atoms with Crippen molar-refractivity contribution in [3.05, 3.63) is 29.3 Å². The Morgan fingerprint density at radius 3 is 2.52 bits per heavy atom. The van der Waals surface area contributed by atoms with Crippen LogP contribution in [0.4, 0.5) is 10.5 Å². The smallest absolute Gasteiger partial charge is 0.411 e. The largest absolute Gasteiger partial charge is 0.469 e. The first-order valence-electron chi connectivity index (χ1n) is 8.76. The van der Waals surface area contributed by atoms with Crippen LogP contribution in [0.25, 0.3) is 0 Å². The third-order valence-corrected chi connectivity index (χ3v) is 5.65. The summed E-state index contributed by atoms with van der Waals surface area (Å²) in [5.74, 6) is -0.737. The molecule has 3 rings (SSSR count). The number of carbonyl (C=O) groups is 2. The lowest BCUT2D eigenvalue weighted by Crippen LogP contribution is -2.53. The van der Waals surface area contributed by atoms with Gasteiger partial charge < -0.3 is 9.47 Å². The predicted octanol–water partition coefficient (Wildman–Crippen LogP) is 2.88. The number of ether oxygens (including phenoxy) is 2. The molecule has 0 spiro atoms. The Morgan fingerprint density at radius 1 is 1.20 bits per heavy atom. The van der Waals surface area contributed by atoms with Gasteiger partial charge in [-0.1, -0.05) is 18.2 Å². The van der Waals surface area contributed by atoms with Crippen molar-refractivity contribution in [2.24, 2.45) is 5.92 Å². The fourth-order valence-corrected chi connectivity index (χ4v) is 4.27. The number of carbonyl (C=O) groups excluding carboxylic acids is 2. The third kappa shape index (κ3) is 3.35. The van der Waals surface area contributed by atoms with Gasteiger partial charge in [0, 0.05) is 24.2 Å². The van der Waals surface area contributed by atoms with Crippen molar-refractivity contribution < 1.29 is 19.1 Å². The van der Waals surface area contributed by atoms with Gasteiger partial charge in [-0.3, -0.25) is 15.0 Å². The Hall–Kier alpha value is -2.08. The summed E-state index contributed by atoms with van der Waals surface area (Å²) in [5, 5.41) is 2.84. The van der Waals surface area contributed by atoms with Crippen LogP contribution in [0.15, 0.2) is 18.2 Å². The highest BCUT2D eigenvalue weighted by molar-refractivity contribution is 5.87. The molecule has 2 saturated heterocycles. The first-order valence-corrected chi connectivity index (χ1v) is 8.76. The van der Waals surface area contributed by atoms with Gasteiger partial charge in [0.25, 0.3) is 0 Å². The van der Waals surface area contributed by atoms with Gasteiger partial charge in [0.1, 0.15) is 12.0 Å². The highest BCUT2D eigenvalue weighted by atomic mass is 16.6. The number of esters is 1. The van der Waals surface area contributed by atoms with Crippen LogP contribution in [0.3, 0.4) is 0 Å². The molecule has 6 heteroatoms. The standard InChI is InChI=1S/C19H26N2O4/c1-11-6-5-7-12(2)17(11)20-19(23)25-15-10-13-8-9-14(21(13)3)16(15)18(22)24-4/h5-7,13-16H,8-10H2,1-4H3,(H,20,23). The number of nitrogens with one attached hydrogen (secondary N) is 1. The molecule has 2 aliphatic heterocycles. The van der Waals surface area contributed by atoms with Crippen molar-refractivity contribution >= 4 is 17.7 Å². The summed E-state index contributed by atoms with van der Waals surface area (Å²) in [4.78, 5) is 27.0. The van der Waals surface area contributed by atoms with Gasteiger partial charge in [0.2, 0.25) is 0 Å². The molecular formula is C19H26N2O4. The first-order chi connectivity index (χ1) is 11.9. The Morgan fingerprint density at radius 2 is 1.88 bits per heavy atom. The Kier molecular flexibility index (Phi) is 4.99. The molecule has 4 unspecified atom stereocenters. The average Bonchev–Trinajstić information content (AvgIpc) is 2.81. The Labute approximate surface area is 148 Å². The lowest BCUT2D eigenvalue weighted by atomic mass is 9.87. The van der Waals surface area contributed by atoms with Crippen LogP contribution in [0.2, 0.25) is 0 Å². The van der Waals surface area contributed by atoms with Crippen molar-refractivity contribution in [2.45, 2.75) is 51.3 Å². The molecule has 25 heavy (non-hydrogen) atoms. The summed E-state index contributed by atoms with van der Waals surface area (Å²) in [7, 11) is 3.42. The van der Waals surface area contributed by atoms with E-state index in [9.17, 15) is 9.59 Å². The van der Waals surface area contributed by atoms with E-state index in [1.807, 2.05) is 39.1 Å². The maximum Gasteiger partial charge on any atom is 0.411 e. The number of benzene rings is 1. The van der Waals surface area contributed by atoms with Gasteiger partial charge in [0.05, 0.1) is 7.11 Å². The van der Waals surface area contributed by atoms with Crippen LogP contribution in [-0.2, 0) is 14.3 Å². The molecule has 0 aliphatic carbocycles. The minimum atomic E-state index is -0.514. The maximum atomic E-state index is 12.5. The van der Waals surface area contributed by atoms with Gasteiger partial charge >= 0.3 is 12.1 Å². The number of nitrogens with zero attached hydrogens (tertiary/aromatic N) is 1. The number of amides is 1. The fourth-order valence-electron chi connectivity index (χ4n) is 4.27. The van der Waals surface area contributed by atoms with E-state index in [2.05, 4.69) is 10.2 Å². The summed E-state index contributed by atoms with van der Waals surface area (Å²) < 4.78 is 10.7. The average molecular weight is 346 g/mol. The van der Waals surface area contributed by atoms with E-state index in [0.717, 1.165) is 29.7 Å². The number of para-hydroxylation sites is 1. The monoisotopic (exact) mass is 346 g/mol. The number of rotatable bonds is 3. The van der Waals surface area contributed by atoms with Crippen molar-refractivity contribution in [3.8, 4) is 0 Å². The molecule has 0 radical (unpaired) electrons. The third-order valence-electron chi connectivity index (χ3n) is 5.65. The molecule has 1 N–H and O–H groups in total. The summed E-state index contributed by atoms with van der Waals surface area (Å²) in [6, 6.07) is 6.25. The topological polar surface area (TPSA) is 67.9 Å². The minimum absolute atomic E-state index is 0.0733. The van der Waals surface area contributed by atoms with Crippen LogP contribution in [0.5, 0.6) is 0 Å². The number of piperidine rings is 1. The van der Waals surface area contributed by atoms with Crippen LogP contribution >= 0.6 is 0 Å². The van der Waals surface area contributed by atoms with Crippen LogP contribution < -0.4 is 5.32 Å². The van der Waals surface area contributed by atoms with Crippen molar-refractivity contribution in [1.82, 2.24) is 4.90 Å². The SMILES string of the molecule is COC(=O)C1C(OC(=O)Nc2c(C)cccc2C)CC2CCC1N2C. The summed E-state index contributed by atoms with van der Waals surface area (Å²) in [6.45, 7) is 3.88. The number of aryl methyl sites for hydroxylation is 2. The van der Waals surface area contributed by atoms with Crippen LogP contribution in [0, 0.1) is 19.8 Å². The summed E-state index contributed by atoms with van der Waals surface area (Å²) in [6.07, 6.45) is 1.64. The van der Waals surface area contributed by atoms with Gasteiger partial charge in [-0.05, 0) is 44.9 Å². The molecule has 136 valence electrons. The molecule has 2 bridgehead atoms. The number of methoxy groups -OCH3 is 1. The highest BCUT2D eigenvalue weighted by Crippen LogP contribution is 2.40. The van der Waals surface area contributed by atoms with E-state index in [0.29, 0.717) is 12.5 Å². The van der Waals surface area contributed by atoms with Crippen molar-refractivity contribution in [2.75, 3.05) is 19.5 Å². The molecular weight excluding hydrogens is 320 g/mol. The van der Waals surface area contributed by atoms with Crippen LogP contribution in [-0.4, -0.2) is 49.3 Å².